The average Bonchev–Trinajstić information content (AvgIpc) is 2.70. The van der Waals surface area contributed by atoms with E-state index in [2.05, 4.69) is 14.9 Å². The van der Waals surface area contributed by atoms with Crippen LogP contribution in [0, 0.1) is 17.0 Å². The van der Waals surface area contributed by atoms with Crippen molar-refractivity contribution in [2.75, 3.05) is 12.3 Å². The Morgan fingerprint density at radius 3 is 2.72 bits per heavy atom. The van der Waals surface area contributed by atoms with Gasteiger partial charge in [0, 0.05) is 48.9 Å². The molecule has 1 aliphatic rings. The van der Waals surface area contributed by atoms with E-state index in [-0.39, 0.29) is 16.2 Å². The first-order valence-corrected chi connectivity index (χ1v) is 9.35. The van der Waals surface area contributed by atoms with Gasteiger partial charge in [0.2, 0.25) is 0 Å². The number of nitrogens with zero attached hydrogens (tertiary/aromatic N) is 3. The van der Waals surface area contributed by atoms with Crippen molar-refractivity contribution in [1.82, 2.24) is 14.9 Å². The lowest BCUT2D eigenvalue weighted by atomic mass is 10.0. The fraction of sp³-hybridized carbons (Fsp3) is 0.238. The van der Waals surface area contributed by atoms with Gasteiger partial charge in [0.05, 0.1) is 16.2 Å². The molecule has 0 aliphatic carbocycles. The summed E-state index contributed by atoms with van der Waals surface area (Å²) in [6.07, 6.45) is 0.648. The molecule has 29 heavy (non-hydrogen) atoms. The molecule has 0 fully saturated rings. The molecule has 0 atom stereocenters. The number of hydrogen-bond acceptors (Lipinski definition) is 6. The quantitative estimate of drug-likeness (QED) is 0.401. The Balaban J connectivity index is 1.56. The highest BCUT2D eigenvalue weighted by atomic mass is 16.6. The van der Waals surface area contributed by atoms with Crippen LogP contribution < -0.4 is 11.3 Å². The van der Waals surface area contributed by atoms with E-state index in [1.165, 1.54) is 0 Å². The average molecular weight is 391 g/mol. The standard InChI is InChI=1S/C21H21N5O3/c1-13-2-3-14(10-19(13)26(28)29)11-25-9-8-18-17(12-25)21(27)24-20(23-18)15-4-6-16(22)7-5-15/h2-7,10H,8-9,11-12,22H2,1H3,(H,23,24,27). The molecule has 148 valence electrons. The van der Waals surface area contributed by atoms with Gasteiger partial charge in [-0.2, -0.15) is 0 Å². The van der Waals surface area contributed by atoms with Crippen molar-refractivity contribution in [3.05, 3.63) is 85.3 Å². The first kappa shape index (κ1) is 18.8. The van der Waals surface area contributed by atoms with Crippen LogP contribution >= 0.6 is 0 Å². The number of fused-ring (bicyclic) bond motifs is 1. The highest BCUT2D eigenvalue weighted by Crippen LogP contribution is 2.23. The van der Waals surface area contributed by atoms with Gasteiger partial charge < -0.3 is 10.7 Å². The van der Waals surface area contributed by atoms with Gasteiger partial charge in [0.25, 0.3) is 11.2 Å². The number of nitro benzene ring substituents is 1. The van der Waals surface area contributed by atoms with Crippen molar-refractivity contribution in [3.8, 4) is 11.4 Å². The van der Waals surface area contributed by atoms with Gasteiger partial charge in [0.15, 0.2) is 0 Å². The number of nitrogens with two attached hydrogens (primary N) is 1. The number of nitrogens with one attached hydrogen (secondary N) is 1. The Hall–Kier alpha value is -3.52. The largest absolute Gasteiger partial charge is 0.399 e. The van der Waals surface area contributed by atoms with Crippen LogP contribution in [-0.4, -0.2) is 26.3 Å². The predicted octanol–water partition coefficient (Wildman–Crippen LogP) is 2.79. The Morgan fingerprint density at radius 2 is 2.00 bits per heavy atom. The number of nitrogen functional groups attached to an aromatic ring is 1. The van der Waals surface area contributed by atoms with E-state index < -0.39 is 0 Å². The van der Waals surface area contributed by atoms with Crippen LogP contribution in [0.1, 0.15) is 22.4 Å². The maximum absolute atomic E-state index is 12.7. The van der Waals surface area contributed by atoms with Crippen molar-refractivity contribution in [2.45, 2.75) is 26.4 Å². The van der Waals surface area contributed by atoms with Gasteiger partial charge in [-0.05, 0) is 36.8 Å². The molecule has 0 saturated carbocycles. The van der Waals surface area contributed by atoms with E-state index in [1.54, 1.807) is 31.2 Å². The van der Waals surface area contributed by atoms with Crippen LogP contribution in [-0.2, 0) is 19.5 Å². The number of benzene rings is 2. The first-order valence-electron chi connectivity index (χ1n) is 9.35. The summed E-state index contributed by atoms with van der Waals surface area (Å²) >= 11 is 0. The summed E-state index contributed by atoms with van der Waals surface area (Å²) < 4.78 is 0. The number of hydrogen-bond donors (Lipinski definition) is 2. The van der Waals surface area contributed by atoms with Crippen LogP contribution in [0.4, 0.5) is 11.4 Å². The second-order valence-electron chi connectivity index (χ2n) is 7.30. The third-order valence-corrected chi connectivity index (χ3v) is 5.21. The van der Waals surface area contributed by atoms with Gasteiger partial charge in [0.1, 0.15) is 5.82 Å². The normalized spacial score (nSPS) is 13.8. The number of anilines is 1. The van der Waals surface area contributed by atoms with E-state index in [9.17, 15) is 14.9 Å². The summed E-state index contributed by atoms with van der Waals surface area (Å²) in [5.74, 6) is 0.538. The lowest BCUT2D eigenvalue weighted by Crippen LogP contribution is -2.35. The molecule has 1 aromatic heterocycles. The molecule has 0 spiro atoms. The third kappa shape index (κ3) is 3.88. The van der Waals surface area contributed by atoms with Crippen LogP contribution in [0.15, 0.2) is 47.3 Å². The van der Waals surface area contributed by atoms with Crippen LogP contribution in [0.5, 0.6) is 0 Å². The second-order valence-corrected chi connectivity index (χ2v) is 7.30. The van der Waals surface area contributed by atoms with Crippen LogP contribution in [0.3, 0.4) is 0 Å². The van der Waals surface area contributed by atoms with Crippen molar-refractivity contribution in [1.29, 1.82) is 0 Å². The molecule has 0 amide bonds. The number of rotatable bonds is 4. The molecule has 2 aromatic carbocycles. The molecule has 3 aromatic rings. The fourth-order valence-corrected chi connectivity index (χ4v) is 3.60. The Bertz CT molecular complexity index is 1140. The Labute approximate surface area is 167 Å². The Kier molecular flexibility index (Phi) is 4.85. The maximum atomic E-state index is 12.7. The zero-order valence-corrected chi connectivity index (χ0v) is 16.0. The zero-order valence-electron chi connectivity index (χ0n) is 16.0. The topological polar surface area (TPSA) is 118 Å². The molecular weight excluding hydrogens is 370 g/mol. The summed E-state index contributed by atoms with van der Waals surface area (Å²) in [5.41, 5.74) is 10.1. The SMILES string of the molecule is Cc1ccc(CN2CCc3nc(-c4ccc(N)cc4)[nH]c(=O)c3C2)cc1[N+](=O)[O-]. The second kappa shape index (κ2) is 7.48. The van der Waals surface area contributed by atoms with E-state index in [0.29, 0.717) is 42.1 Å². The van der Waals surface area contributed by atoms with Crippen molar-refractivity contribution >= 4 is 11.4 Å². The van der Waals surface area contributed by atoms with Gasteiger partial charge in [-0.15, -0.1) is 0 Å². The maximum Gasteiger partial charge on any atom is 0.272 e. The molecule has 8 nitrogen and oxygen atoms in total. The third-order valence-electron chi connectivity index (χ3n) is 5.21. The van der Waals surface area contributed by atoms with Gasteiger partial charge in [-0.25, -0.2) is 4.98 Å². The molecule has 3 N–H and O–H groups in total. The molecule has 1 aliphatic heterocycles. The number of H-pyrrole nitrogens is 1. The molecular formula is C21H21N5O3. The molecule has 8 heteroatoms. The summed E-state index contributed by atoms with van der Waals surface area (Å²) in [6, 6.07) is 12.5. The molecule has 4 rings (SSSR count). The number of aryl methyl sites for hydroxylation is 1. The monoisotopic (exact) mass is 391 g/mol. The van der Waals surface area contributed by atoms with E-state index >= 15 is 0 Å². The molecule has 0 radical (unpaired) electrons. The van der Waals surface area contributed by atoms with E-state index in [0.717, 1.165) is 23.4 Å². The first-order chi connectivity index (χ1) is 13.9. The minimum atomic E-state index is -0.363. The number of aromatic amines is 1. The lowest BCUT2D eigenvalue weighted by molar-refractivity contribution is -0.385. The van der Waals surface area contributed by atoms with Crippen molar-refractivity contribution in [2.24, 2.45) is 0 Å². The van der Waals surface area contributed by atoms with Gasteiger partial charge in [-0.1, -0.05) is 12.1 Å². The highest BCUT2D eigenvalue weighted by Gasteiger charge is 2.22. The molecule has 2 heterocycles. The van der Waals surface area contributed by atoms with Crippen LogP contribution in [0.2, 0.25) is 0 Å². The molecule has 0 saturated heterocycles. The summed E-state index contributed by atoms with van der Waals surface area (Å²) in [5, 5.41) is 11.2. The molecule has 0 unspecified atom stereocenters. The number of nitro groups is 1. The number of aromatic nitrogens is 2. The van der Waals surface area contributed by atoms with Crippen molar-refractivity contribution < 1.29 is 4.92 Å². The summed E-state index contributed by atoms with van der Waals surface area (Å²) in [6.45, 7) is 3.45. The minimum absolute atomic E-state index is 0.118. The Morgan fingerprint density at radius 1 is 1.24 bits per heavy atom. The van der Waals surface area contributed by atoms with Crippen LogP contribution in [0.25, 0.3) is 11.4 Å². The zero-order chi connectivity index (χ0) is 20.5. The smallest absolute Gasteiger partial charge is 0.272 e. The van der Waals surface area contributed by atoms with Gasteiger partial charge >= 0.3 is 0 Å². The van der Waals surface area contributed by atoms with E-state index in [4.69, 9.17) is 5.73 Å². The van der Waals surface area contributed by atoms with Crippen molar-refractivity contribution in [3.63, 3.8) is 0 Å². The van der Waals surface area contributed by atoms with Gasteiger partial charge in [-0.3, -0.25) is 19.8 Å². The predicted molar refractivity (Wildman–Crippen MR) is 110 cm³/mol. The highest BCUT2D eigenvalue weighted by molar-refractivity contribution is 5.58. The van der Waals surface area contributed by atoms with E-state index in [1.807, 2.05) is 18.2 Å². The summed E-state index contributed by atoms with van der Waals surface area (Å²) in [4.78, 5) is 33.1. The lowest BCUT2D eigenvalue weighted by Gasteiger charge is -2.27. The fourth-order valence-electron chi connectivity index (χ4n) is 3.60. The molecule has 0 bridgehead atoms. The minimum Gasteiger partial charge on any atom is -0.399 e. The summed E-state index contributed by atoms with van der Waals surface area (Å²) in [7, 11) is 0.